The Labute approximate surface area is 111 Å². The molecule has 0 spiro atoms. The lowest BCUT2D eigenvalue weighted by atomic mass is 9.78. The molecule has 18 heavy (non-hydrogen) atoms. The Hall–Kier alpha value is -0.410. The molecule has 3 nitrogen and oxygen atoms in total. The van der Waals surface area contributed by atoms with Crippen LogP contribution >= 0.6 is 0 Å². The van der Waals surface area contributed by atoms with Crippen LogP contribution in [-0.2, 0) is 4.79 Å². The van der Waals surface area contributed by atoms with Crippen LogP contribution in [0.25, 0.3) is 0 Å². The Morgan fingerprint density at radius 1 is 1.22 bits per heavy atom. The second kappa shape index (κ2) is 7.25. The first-order valence-corrected chi connectivity index (χ1v) is 7.75. The molecule has 2 N–H and O–H groups in total. The molecule has 2 rings (SSSR count). The molecule has 3 atom stereocenters. The van der Waals surface area contributed by atoms with E-state index >= 15 is 0 Å². The van der Waals surface area contributed by atoms with Gasteiger partial charge in [0, 0.05) is 12.0 Å². The summed E-state index contributed by atoms with van der Waals surface area (Å²) in [6.45, 7) is 1.06. The average Bonchev–Trinajstić information content (AvgIpc) is 2.34. The maximum absolute atomic E-state index is 12.4. The van der Waals surface area contributed by atoms with Gasteiger partial charge in [-0.2, -0.15) is 0 Å². The molecule has 1 aliphatic heterocycles. The summed E-state index contributed by atoms with van der Waals surface area (Å²) < 4.78 is 0. The van der Waals surface area contributed by atoms with Gasteiger partial charge >= 0.3 is 0 Å². The summed E-state index contributed by atoms with van der Waals surface area (Å²) in [4.78, 5) is 12.4. The molecule has 1 saturated heterocycles. The third-order valence-electron chi connectivity index (χ3n) is 4.53. The number of Topliss-reactive ketones (excluding diaryl/α,β-unsaturated/α-hetero) is 1. The third kappa shape index (κ3) is 3.79. The van der Waals surface area contributed by atoms with Crippen LogP contribution in [0, 0.1) is 5.92 Å². The van der Waals surface area contributed by atoms with Gasteiger partial charge in [0.05, 0.1) is 6.04 Å². The van der Waals surface area contributed by atoms with Crippen molar-refractivity contribution in [3.63, 3.8) is 0 Å². The van der Waals surface area contributed by atoms with Gasteiger partial charge in [-0.15, -0.1) is 0 Å². The molecule has 2 bridgehead atoms. The van der Waals surface area contributed by atoms with Crippen molar-refractivity contribution < 1.29 is 4.79 Å². The minimum absolute atomic E-state index is 0.156. The van der Waals surface area contributed by atoms with Crippen molar-refractivity contribution in [2.75, 3.05) is 13.6 Å². The van der Waals surface area contributed by atoms with Gasteiger partial charge in [0.25, 0.3) is 0 Å². The van der Waals surface area contributed by atoms with Crippen LogP contribution in [0.3, 0.4) is 0 Å². The largest absolute Gasteiger partial charge is 0.320 e. The number of nitrogens with one attached hydrogen (secondary N) is 2. The summed E-state index contributed by atoms with van der Waals surface area (Å²) >= 11 is 0. The Morgan fingerprint density at radius 3 is 2.89 bits per heavy atom. The van der Waals surface area contributed by atoms with Gasteiger partial charge in [-0.1, -0.05) is 25.7 Å². The fourth-order valence-electron chi connectivity index (χ4n) is 3.47. The molecule has 3 heteroatoms. The SMILES string of the molecule is CNCCCCC1NC2CCCCCC(C2)C1=O. The predicted molar refractivity (Wildman–Crippen MR) is 74.7 cm³/mol. The van der Waals surface area contributed by atoms with Crippen LogP contribution in [0.2, 0.25) is 0 Å². The van der Waals surface area contributed by atoms with Crippen LogP contribution in [0.15, 0.2) is 0 Å². The quantitative estimate of drug-likeness (QED) is 0.737. The van der Waals surface area contributed by atoms with E-state index in [-0.39, 0.29) is 6.04 Å². The molecule has 104 valence electrons. The Bertz CT molecular complexity index is 267. The normalized spacial score (nSPS) is 32.9. The van der Waals surface area contributed by atoms with Gasteiger partial charge in [-0.3, -0.25) is 4.79 Å². The fourth-order valence-corrected chi connectivity index (χ4v) is 3.47. The van der Waals surface area contributed by atoms with Gasteiger partial charge in [-0.25, -0.2) is 0 Å². The van der Waals surface area contributed by atoms with Crippen molar-refractivity contribution in [1.29, 1.82) is 0 Å². The summed E-state index contributed by atoms with van der Waals surface area (Å²) in [5.41, 5.74) is 0. The maximum atomic E-state index is 12.4. The monoisotopic (exact) mass is 252 g/mol. The van der Waals surface area contributed by atoms with Crippen molar-refractivity contribution in [2.45, 2.75) is 69.9 Å². The lowest BCUT2D eigenvalue weighted by Crippen LogP contribution is -2.52. The number of carbonyl (C=O) groups is 1. The molecule has 0 amide bonds. The van der Waals surface area contributed by atoms with Crippen LogP contribution in [0.5, 0.6) is 0 Å². The van der Waals surface area contributed by atoms with E-state index in [9.17, 15) is 4.79 Å². The highest BCUT2D eigenvalue weighted by Gasteiger charge is 2.35. The number of carbonyl (C=O) groups excluding carboxylic acids is 1. The van der Waals surface area contributed by atoms with Crippen LogP contribution in [-0.4, -0.2) is 31.5 Å². The van der Waals surface area contributed by atoms with Crippen molar-refractivity contribution in [2.24, 2.45) is 5.92 Å². The topological polar surface area (TPSA) is 41.1 Å². The van der Waals surface area contributed by atoms with E-state index in [0.717, 1.165) is 32.2 Å². The molecule has 3 unspecified atom stereocenters. The Balaban J connectivity index is 1.84. The first-order chi connectivity index (χ1) is 8.81. The average molecular weight is 252 g/mol. The smallest absolute Gasteiger partial charge is 0.152 e. The van der Waals surface area contributed by atoms with E-state index in [4.69, 9.17) is 0 Å². The van der Waals surface area contributed by atoms with Crippen molar-refractivity contribution >= 4 is 5.78 Å². The molecule has 2 fully saturated rings. The van der Waals surface area contributed by atoms with E-state index in [2.05, 4.69) is 10.6 Å². The third-order valence-corrected chi connectivity index (χ3v) is 4.53. The predicted octanol–water partition coefficient (Wildman–Crippen LogP) is 2.26. The number of rotatable bonds is 5. The van der Waals surface area contributed by atoms with E-state index in [0.29, 0.717) is 17.7 Å². The van der Waals surface area contributed by atoms with Crippen LogP contribution in [0.1, 0.15) is 57.8 Å². The van der Waals surface area contributed by atoms with Crippen molar-refractivity contribution in [3.05, 3.63) is 0 Å². The minimum atomic E-state index is 0.156. The highest BCUT2D eigenvalue weighted by molar-refractivity contribution is 5.87. The van der Waals surface area contributed by atoms with E-state index < -0.39 is 0 Å². The second-order valence-corrected chi connectivity index (χ2v) is 5.99. The van der Waals surface area contributed by atoms with Gasteiger partial charge in [0.1, 0.15) is 0 Å². The van der Waals surface area contributed by atoms with Crippen molar-refractivity contribution in [1.82, 2.24) is 10.6 Å². The van der Waals surface area contributed by atoms with Crippen LogP contribution in [0.4, 0.5) is 0 Å². The number of fused-ring (bicyclic) bond motifs is 2. The number of unbranched alkanes of at least 4 members (excludes halogenated alkanes) is 1. The zero-order valence-corrected chi connectivity index (χ0v) is 11.7. The Kier molecular flexibility index (Phi) is 5.64. The zero-order chi connectivity index (χ0) is 12.8. The first kappa shape index (κ1) is 14.0. The number of ketones is 1. The van der Waals surface area contributed by atoms with E-state index in [1.54, 1.807) is 0 Å². The molecule has 1 heterocycles. The second-order valence-electron chi connectivity index (χ2n) is 5.99. The fraction of sp³-hybridized carbons (Fsp3) is 0.933. The molecule has 0 aromatic carbocycles. The molecule has 1 aliphatic carbocycles. The van der Waals surface area contributed by atoms with E-state index in [1.165, 1.54) is 32.1 Å². The number of piperidine rings is 1. The van der Waals surface area contributed by atoms with Gasteiger partial charge in [-0.05, 0) is 45.7 Å². The van der Waals surface area contributed by atoms with Crippen LogP contribution < -0.4 is 10.6 Å². The molecule has 0 radical (unpaired) electrons. The highest BCUT2D eigenvalue weighted by Crippen LogP contribution is 2.29. The van der Waals surface area contributed by atoms with Crippen molar-refractivity contribution in [3.8, 4) is 0 Å². The summed E-state index contributed by atoms with van der Waals surface area (Å²) in [5, 5.41) is 6.78. The lowest BCUT2D eigenvalue weighted by molar-refractivity contribution is -0.128. The summed E-state index contributed by atoms with van der Waals surface area (Å²) in [7, 11) is 1.99. The van der Waals surface area contributed by atoms with Gasteiger partial charge in [0.15, 0.2) is 5.78 Å². The summed E-state index contributed by atoms with van der Waals surface area (Å²) in [6, 6.07) is 0.769. The van der Waals surface area contributed by atoms with Gasteiger partial charge < -0.3 is 10.6 Å². The molecule has 0 aromatic rings. The summed E-state index contributed by atoms with van der Waals surface area (Å²) in [6.07, 6.45) is 10.8. The molecular weight excluding hydrogens is 224 g/mol. The minimum Gasteiger partial charge on any atom is -0.320 e. The van der Waals surface area contributed by atoms with E-state index in [1.807, 2.05) is 7.05 Å². The van der Waals surface area contributed by atoms with Gasteiger partial charge in [0.2, 0.25) is 0 Å². The molecular formula is C15H28N2O. The highest BCUT2D eigenvalue weighted by atomic mass is 16.1. The number of hydrogen-bond acceptors (Lipinski definition) is 3. The standard InChI is InChI=1S/C15H28N2O/c1-16-10-6-5-9-14-15(18)12-7-3-2-4-8-13(11-12)17-14/h12-14,16-17H,2-11H2,1H3. The Morgan fingerprint density at radius 2 is 2.06 bits per heavy atom. The molecule has 1 saturated carbocycles. The zero-order valence-electron chi connectivity index (χ0n) is 11.7. The maximum Gasteiger partial charge on any atom is 0.152 e. The first-order valence-electron chi connectivity index (χ1n) is 7.75. The number of hydrogen-bond donors (Lipinski definition) is 2. The lowest BCUT2D eigenvalue weighted by Gasteiger charge is -2.37. The molecule has 0 aromatic heterocycles. The molecule has 2 aliphatic rings. The summed E-state index contributed by atoms with van der Waals surface area (Å²) in [5.74, 6) is 0.878.